The minimum atomic E-state index is -0.248. The van der Waals surface area contributed by atoms with Crippen LogP contribution in [-0.2, 0) is 14.3 Å². The summed E-state index contributed by atoms with van der Waals surface area (Å²) in [5.41, 5.74) is 0. The Morgan fingerprint density at radius 2 is 1.56 bits per heavy atom. The van der Waals surface area contributed by atoms with Crippen molar-refractivity contribution >= 4 is 17.9 Å². The third-order valence-electron chi connectivity index (χ3n) is 6.00. The number of nitrogens with zero attached hydrogens (tertiary/aromatic N) is 3. The second-order valence-corrected chi connectivity index (χ2v) is 7.76. The van der Waals surface area contributed by atoms with Gasteiger partial charge in [-0.15, -0.1) is 0 Å². The highest BCUT2D eigenvalue weighted by molar-refractivity contribution is 5.87. The van der Waals surface area contributed by atoms with Crippen LogP contribution in [0.3, 0.4) is 0 Å². The fourth-order valence-electron chi connectivity index (χ4n) is 4.33. The SMILES string of the molecule is C=CC(=O)N1CCC(C(=O)N2CCCCC2COC(=O)N2CCCC2)CC1. The first-order chi connectivity index (χ1) is 13.1. The largest absolute Gasteiger partial charge is 0.447 e. The molecule has 150 valence electrons. The van der Waals surface area contributed by atoms with Gasteiger partial charge in [-0.25, -0.2) is 4.79 Å². The molecule has 0 aromatic heterocycles. The second-order valence-electron chi connectivity index (χ2n) is 7.76. The summed E-state index contributed by atoms with van der Waals surface area (Å²) in [6.07, 6.45) is 7.47. The van der Waals surface area contributed by atoms with E-state index in [1.807, 2.05) is 4.90 Å². The number of likely N-dealkylation sites (tertiary alicyclic amines) is 3. The molecule has 27 heavy (non-hydrogen) atoms. The lowest BCUT2D eigenvalue weighted by molar-refractivity contribution is -0.143. The molecule has 3 amide bonds. The standard InChI is InChI=1S/C20H31N3O4/c1-2-18(24)21-13-8-16(9-14-21)19(25)23-12-4-3-7-17(23)15-27-20(26)22-10-5-6-11-22/h2,16-17H,1,3-15H2. The molecule has 0 aromatic rings. The van der Waals surface area contributed by atoms with Crippen molar-refractivity contribution in [3.63, 3.8) is 0 Å². The maximum absolute atomic E-state index is 13.1. The van der Waals surface area contributed by atoms with E-state index >= 15 is 0 Å². The summed E-state index contributed by atoms with van der Waals surface area (Å²) in [4.78, 5) is 42.4. The van der Waals surface area contributed by atoms with E-state index in [1.54, 1.807) is 9.80 Å². The molecule has 1 unspecified atom stereocenters. The van der Waals surface area contributed by atoms with Gasteiger partial charge >= 0.3 is 6.09 Å². The zero-order valence-corrected chi connectivity index (χ0v) is 16.1. The van der Waals surface area contributed by atoms with E-state index < -0.39 is 0 Å². The summed E-state index contributed by atoms with van der Waals surface area (Å²) in [5.74, 6) is 0.0435. The van der Waals surface area contributed by atoms with Crippen LogP contribution in [0.2, 0.25) is 0 Å². The number of amides is 3. The van der Waals surface area contributed by atoms with Crippen LogP contribution in [0, 0.1) is 5.92 Å². The molecule has 0 aliphatic carbocycles. The topological polar surface area (TPSA) is 70.2 Å². The van der Waals surface area contributed by atoms with Crippen LogP contribution >= 0.6 is 0 Å². The first-order valence-electron chi connectivity index (χ1n) is 10.2. The van der Waals surface area contributed by atoms with Crippen molar-refractivity contribution in [2.45, 2.75) is 51.0 Å². The van der Waals surface area contributed by atoms with E-state index in [2.05, 4.69) is 6.58 Å². The van der Waals surface area contributed by atoms with Crippen molar-refractivity contribution in [2.24, 2.45) is 5.92 Å². The monoisotopic (exact) mass is 377 g/mol. The van der Waals surface area contributed by atoms with E-state index in [9.17, 15) is 14.4 Å². The van der Waals surface area contributed by atoms with Crippen molar-refractivity contribution < 1.29 is 19.1 Å². The van der Waals surface area contributed by atoms with E-state index in [0.29, 0.717) is 25.9 Å². The predicted octanol–water partition coefficient (Wildman–Crippen LogP) is 2.02. The minimum absolute atomic E-state index is 0.0226. The summed E-state index contributed by atoms with van der Waals surface area (Å²) in [5, 5.41) is 0. The maximum atomic E-state index is 13.1. The Kier molecular flexibility index (Phi) is 6.74. The van der Waals surface area contributed by atoms with E-state index in [4.69, 9.17) is 4.74 Å². The van der Waals surface area contributed by atoms with Gasteiger partial charge in [-0.2, -0.15) is 0 Å². The zero-order chi connectivity index (χ0) is 19.2. The van der Waals surface area contributed by atoms with E-state index in [-0.39, 0.29) is 36.5 Å². The summed E-state index contributed by atoms with van der Waals surface area (Å²) in [7, 11) is 0. The van der Waals surface area contributed by atoms with Gasteiger partial charge in [0.2, 0.25) is 11.8 Å². The van der Waals surface area contributed by atoms with Crippen molar-refractivity contribution in [1.29, 1.82) is 0 Å². The van der Waals surface area contributed by atoms with Gasteiger partial charge in [0.25, 0.3) is 0 Å². The molecular formula is C20H31N3O4. The van der Waals surface area contributed by atoms with Gasteiger partial charge in [0.15, 0.2) is 0 Å². The highest BCUT2D eigenvalue weighted by atomic mass is 16.6. The van der Waals surface area contributed by atoms with Crippen LogP contribution < -0.4 is 0 Å². The second kappa shape index (κ2) is 9.24. The van der Waals surface area contributed by atoms with Gasteiger partial charge < -0.3 is 19.4 Å². The Hall–Kier alpha value is -2.05. The number of piperidine rings is 2. The van der Waals surface area contributed by atoms with E-state index in [0.717, 1.165) is 51.7 Å². The average Bonchev–Trinajstić information content (AvgIpc) is 3.26. The van der Waals surface area contributed by atoms with Crippen LogP contribution in [0.15, 0.2) is 12.7 Å². The summed E-state index contributed by atoms with van der Waals surface area (Å²) in [6, 6.07) is -0.0226. The summed E-state index contributed by atoms with van der Waals surface area (Å²) >= 11 is 0. The molecule has 3 aliphatic heterocycles. The molecule has 3 saturated heterocycles. The summed E-state index contributed by atoms with van der Waals surface area (Å²) in [6.45, 7) is 7.29. The number of carbonyl (C=O) groups is 3. The Morgan fingerprint density at radius 1 is 0.889 bits per heavy atom. The summed E-state index contributed by atoms with van der Waals surface area (Å²) < 4.78 is 5.53. The quantitative estimate of drug-likeness (QED) is 0.703. The van der Waals surface area contributed by atoms with Gasteiger partial charge in [-0.05, 0) is 51.0 Å². The van der Waals surface area contributed by atoms with Crippen molar-refractivity contribution in [3.05, 3.63) is 12.7 Å². The molecule has 1 atom stereocenters. The van der Waals surface area contributed by atoms with Crippen LogP contribution in [0.25, 0.3) is 0 Å². The lowest BCUT2D eigenvalue weighted by atomic mass is 9.92. The third-order valence-corrected chi connectivity index (χ3v) is 6.00. The number of rotatable bonds is 4. The first-order valence-corrected chi connectivity index (χ1v) is 10.2. The van der Waals surface area contributed by atoms with Crippen LogP contribution in [-0.4, -0.2) is 78.0 Å². The Balaban J connectivity index is 1.51. The average molecular weight is 377 g/mol. The normalized spacial score (nSPS) is 24.0. The lowest BCUT2D eigenvalue weighted by Crippen LogP contribution is -2.51. The maximum Gasteiger partial charge on any atom is 0.409 e. The number of ether oxygens (including phenoxy) is 1. The van der Waals surface area contributed by atoms with Gasteiger partial charge in [0.05, 0.1) is 6.04 Å². The number of carbonyl (C=O) groups excluding carboxylic acids is 3. The number of hydrogen-bond donors (Lipinski definition) is 0. The van der Waals surface area contributed by atoms with Crippen molar-refractivity contribution in [2.75, 3.05) is 39.3 Å². The fraction of sp³-hybridized carbons (Fsp3) is 0.750. The van der Waals surface area contributed by atoms with Gasteiger partial charge in [-0.1, -0.05) is 6.58 Å². The molecule has 7 heteroatoms. The molecule has 7 nitrogen and oxygen atoms in total. The lowest BCUT2D eigenvalue weighted by Gasteiger charge is -2.39. The van der Waals surface area contributed by atoms with Crippen LogP contribution in [0.4, 0.5) is 4.79 Å². The van der Waals surface area contributed by atoms with Crippen LogP contribution in [0.5, 0.6) is 0 Å². The minimum Gasteiger partial charge on any atom is -0.447 e. The Morgan fingerprint density at radius 3 is 2.22 bits per heavy atom. The molecule has 0 saturated carbocycles. The fourth-order valence-corrected chi connectivity index (χ4v) is 4.33. The highest BCUT2D eigenvalue weighted by Crippen LogP contribution is 2.25. The molecule has 0 aromatic carbocycles. The Labute approximate surface area is 161 Å². The van der Waals surface area contributed by atoms with Gasteiger partial charge in [-0.3, -0.25) is 9.59 Å². The highest BCUT2D eigenvalue weighted by Gasteiger charge is 2.34. The molecule has 0 spiro atoms. The molecule has 0 radical (unpaired) electrons. The zero-order valence-electron chi connectivity index (χ0n) is 16.1. The number of hydrogen-bond acceptors (Lipinski definition) is 4. The van der Waals surface area contributed by atoms with Gasteiger partial charge in [0, 0.05) is 38.6 Å². The van der Waals surface area contributed by atoms with Crippen LogP contribution in [0.1, 0.15) is 44.9 Å². The smallest absolute Gasteiger partial charge is 0.409 e. The molecule has 0 N–H and O–H groups in total. The molecular weight excluding hydrogens is 346 g/mol. The molecule has 3 rings (SSSR count). The Bertz CT molecular complexity index is 566. The van der Waals surface area contributed by atoms with E-state index in [1.165, 1.54) is 6.08 Å². The molecule has 0 bridgehead atoms. The first kappa shape index (κ1) is 19.7. The van der Waals surface area contributed by atoms with Gasteiger partial charge in [0.1, 0.15) is 6.61 Å². The van der Waals surface area contributed by atoms with Crippen molar-refractivity contribution in [3.8, 4) is 0 Å². The molecule has 3 heterocycles. The van der Waals surface area contributed by atoms with Crippen molar-refractivity contribution in [1.82, 2.24) is 14.7 Å². The predicted molar refractivity (Wildman–Crippen MR) is 101 cm³/mol. The molecule has 3 fully saturated rings. The third kappa shape index (κ3) is 4.82. The molecule has 3 aliphatic rings.